The van der Waals surface area contributed by atoms with Gasteiger partial charge in [0.15, 0.2) is 5.16 Å². The Hall–Kier alpha value is -1.97. The first-order chi connectivity index (χ1) is 13.5. The molecule has 3 aromatic rings. The summed E-state index contributed by atoms with van der Waals surface area (Å²) in [5.41, 5.74) is 2.17. The number of hydrogen-bond acceptors (Lipinski definition) is 5. The lowest BCUT2D eigenvalue weighted by Gasteiger charge is -2.13. The van der Waals surface area contributed by atoms with Crippen LogP contribution in [0.15, 0.2) is 63.2 Å². The van der Waals surface area contributed by atoms with Crippen molar-refractivity contribution < 1.29 is 13.2 Å². The van der Waals surface area contributed by atoms with Crippen molar-refractivity contribution in [3.63, 3.8) is 0 Å². The third kappa shape index (κ3) is 3.92. The number of imidazole rings is 1. The lowest BCUT2D eigenvalue weighted by Crippen LogP contribution is -2.14. The molecule has 0 aliphatic carbocycles. The average Bonchev–Trinajstić information content (AvgIpc) is 3.25. The first kappa shape index (κ1) is 19.4. The number of nitrogens with one attached hydrogen (secondary N) is 1. The zero-order chi connectivity index (χ0) is 19.7. The molecule has 0 radical (unpaired) electrons. The summed E-state index contributed by atoms with van der Waals surface area (Å²) in [5, 5.41) is 0.997. The van der Waals surface area contributed by atoms with E-state index in [0.29, 0.717) is 22.5 Å². The maximum Gasteiger partial charge on any atom is 0.265 e. The number of aromatic nitrogens is 2. The lowest BCUT2D eigenvalue weighted by atomic mass is 10.1. The monoisotopic (exact) mass is 479 g/mol. The summed E-state index contributed by atoms with van der Waals surface area (Å²) < 4.78 is 36.9. The van der Waals surface area contributed by atoms with Gasteiger partial charge in [-0.25, -0.2) is 13.4 Å². The van der Waals surface area contributed by atoms with Gasteiger partial charge in [-0.1, -0.05) is 39.8 Å². The molecule has 0 bridgehead atoms. The highest BCUT2D eigenvalue weighted by atomic mass is 79.9. The second kappa shape index (κ2) is 7.81. The van der Waals surface area contributed by atoms with Crippen LogP contribution in [-0.2, 0) is 16.6 Å². The van der Waals surface area contributed by atoms with Crippen molar-refractivity contribution in [2.24, 2.45) is 0 Å². The normalized spacial score (nSPS) is 13.4. The molecular weight excluding hydrogens is 462 g/mol. The molecule has 0 saturated heterocycles. The Morgan fingerprint density at radius 3 is 2.93 bits per heavy atom. The highest BCUT2D eigenvalue weighted by Crippen LogP contribution is 2.32. The molecule has 0 saturated carbocycles. The molecule has 0 amide bonds. The molecule has 2 heterocycles. The van der Waals surface area contributed by atoms with E-state index >= 15 is 0 Å². The molecule has 1 aliphatic heterocycles. The Morgan fingerprint density at radius 1 is 1.29 bits per heavy atom. The highest BCUT2D eigenvalue weighted by molar-refractivity contribution is 9.10. The van der Waals surface area contributed by atoms with Crippen molar-refractivity contribution in [3.05, 3.63) is 53.1 Å². The number of thioether (sulfide) groups is 1. The molecule has 0 unspecified atom stereocenters. The van der Waals surface area contributed by atoms with Crippen LogP contribution in [0, 0.1) is 0 Å². The van der Waals surface area contributed by atoms with E-state index in [1.807, 2.05) is 25.3 Å². The van der Waals surface area contributed by atoms with E-state index in [0.717, 1.165) is 28.7 Å². The van der Waals surface area contributed by atoms with Crippen molar-refractivity contribution in [2.45, 2.75) is 23.5 Å². The first-order valence-electron chi connectivity index (χ1n) is 8.72. The molecule has 6 nitrogen and oxygen atoms in total. The van der Waals surface area contributed by atoms with Crippen LogP contribution in [0.3, 0.4) is 0 Å². The van der Waals surface area contributed by atoms with Crippen LogP contribution in [0.4, 0.5) is 5.69 Å². The lowest BCUT2D eigenvalue weighted by molar-refractivity contribution is 0.331. The van der Waals surface area contributed by atoms with Crippen LogP contribution >= 0.6 is 27.7 Å². The number of halogens is 1. The quantitative estimate of drug-likeness (QED) is 0.558. The Bertz CT molecular complexity index is 1110. The van der Waals surface area contributed by atoms with Gasteiger partial charge in [0.25, 0.3) is 10.0 Å². The first-order valence-corrected chi connectivity index (χ1v) is 12.0. The van der Waals surface area contributed by atoms with Crippen molar-refractivity contribution in [2.75, 3.05) is 17.1 Å². The number of anilines is 1. The molecule has 0 spiro atoms. The van der Waals surface area contributed by atoms with E-state index < -0.39 is 10.0 Å². The van der Waals surface area contributed by atoms with E-state index in [1.54, 1.807) is 36.0 Å². The van der Waals surface area contributed by atoms with Crippen LogP contribution < -0.4 is 9.46 Å². The molecule has 28 heavy (non-hydrogen) atoms. The van der Waals surface area contributed by atoms with E-state index in [-0.39, 0.29) is 4.90 Å². The SMILES string of the molecule is CCOc1ccc(Br)cc1S(=O)(=O)Nc1cccc(-c2cn3c(n2)SCC3)c1. The smallest absolute Gasteiger partial charge is 0.265 e. The second-order valence-electron chi connectivity index (χ2n) is 6.16. The van der Waals surface area contributed by atoms with Crippen LogP contribution in [0.5, 0.6) is 5.75 Å². The number of fused-ring (bicyclic) bond motifs is 1. The maximum absolute atomic E-state index is 13.0. The minimum atomic E-state index is -3.82. The van der Waals surface area contributed by atoms with E-state index in [1.165, 1.54) is 6.07 Å². The standard InChI is InChI=1S/C19H18BrN3O3S2/c1-2-26-17-7-6-14(20)11-18(17)28(24,25)22-15-5-3-4-13(10-15)16-12-23-8-9-27-19(23)21-16/h3-7,10-12,22H,2,8-9H2,1H3. The van der Waals surface area contributed by atoms with Gasteiger partial charge in [-0.15, -0.1) is 0 Å². The van der Waals surface area contributed by atoms with E-state index in [4.69, 9.17) is 4.74 Å². The molecule has 2 aromatic carbocycles. The van der Waals surface area contributed by atoms with Gasteiger partial charge in [-0.3, -0.25) is 4.72 Å². The Labute approximate surface area is 176 Å². The number of rotatable bonds is 6. The Balaban J connectivity index is 1.64. The highest BCUT2D eigenvalue weighted by Gasteiger charge is 2.21. The van der Waals surface area contributed by atoms with Crippen LogP contribution in [-0.4, -0.2) is 30.3 Å². The third-order valence-corrected chi connectivity index (χ3v) is 7.08. The summed E-state index contributed by atoms with van der Waals surface area (Å²) in [5.74, 6) is 1.36. The minimum Gasteiger partial charge on any atom is -0.492 e. The molecule has 1 N–H and O–H groups in total. The van der Waals surface area contributed by atoms with Crippen molar-refractivity contribution in [1.82, 2.24) is 9.55 Å². The Morgan fingerprint density at radius 2 is 2.14 bits per heavy atom. The molecule has 1 aromatic heterocycles. The number of aryl methyl sites for hydroxylation is 1. The van der Waals surface area contributed by atoms with E-state index in [9.17, 15) is 8.42 Å². The van der Waals surface area contributed by atoms with Gasteiger partial charge >= 0.3 is 0 Å². The molecule has 0 atom stereocenters. The average molecular weight is 480 g/mol. The molecule has 9 heteroatoms. The predicted molar refractivity (Wildman–Crippen MR) is 115 cm³/mol. The summed E-state index contributed by atoms with van der Waals surface area (Å²) in [6.07, 6.45) is 2.00. The number of ether oxygens (including phenoxy) is 1. The van der Waals surface area contributed by atoms with Gasteiger partial charge in [0.2, 0.25) is 0 Å². The van der Waals surface area contributed by atoms with Gasteiger partial charge in [0.1, 0.15) is 10.6 Å². The topological polar surface area (TPSA) is 73.2 Å². The number of sulfonamides is 1. The summed E-state index contributed by atoms with van der Waals surface area (Å²) in [6, 6.07) is 12.2. The van der Waals surface area contributed by atoms with Crippen LogP contribution in [0.25, 0.3) is 11.3 Å². The summed E-state index contributed by atoms with van der Waals surface area (Å²) in [7, 11) is -3.82. The van der Waals surface area contributed by atoms with Gasteiger partial charge < -0.3 is 9.30 Å². The molecule has 1 aliphatic rings. The number of nitrogens with zero attached hydrogens (tertiary/aromatic N) is 2. The number of benzene rings is 2. The van der Waals surface area contributed by atoms with Crippen molar-refractivity contribution in [3.8, 4) is 17.0 Å². The fraction of sp³-hybridized carbons (Fsp3) is 0.211. The fourth-order valence-corrected chi connectivity index (χ4v) is 5.64. The fourth-order valence-electron chi connectivity index (χ4n) is 2.97. The van der Waals surface area contributed by atoms with Gasteiger partial charge in [-0.05, 0) is 37.3 Å². The van der Waals surface area contributed by atoms with Gasteiger partial charge in [0, 0.05) is 34.2 Å². The summed E-state index contributed by atoms with van der Waals surface area (Å²) in [4.78, 5) is 4.72. The predicted octanol–water partition coefficient (Wildman–Crippen LogP) is 4.62. The zero-order valence-corrected chi connectivity index (χ0v) is 18.3. The molecular formula is C19H18BrN3O3S2. The van der Waals surface area contributed by atoms with Crippen LogP contribution in [0.1, 0.15) is 6.92 Å². The van der Waals surface area contributed by atoms with Gasteiger partial charge in [-0.2, -0.15) is 0 Å². The van der Waals surface area contributed by atoms with Crippen molar-refractivity contribution in [1.29, 1.82) is 0 Å². The van der Waals surface area contributed by atoms with E-state index in [2.05, 4.69) is 30.2 Å². The summed E-state index contributed by atoms with van der Waals surface area (Å²) in [6.45, 7) is 3.14. The second-order valence-corrected chi connectivity index (χ2v) is 9.79. The Kier molecular flexibility index (Phi) is 5.39. The maximum atomic E-state index is 13.0. The molecule has 146 valence electrons. The summed E-state index contributed by atoms with van der Waals surface area (Å²) >= 11 is 5.05. The number of hydrogen-bond donors (Lipinski definition) is 1. The van der Waals surface area contributed by atoms with Crippen molar-refractivity contribution >= 4 is 43.4 Å². The third-order valence-electron chi connectivity index (χ3n) is 4.21. The van der Waals surface area contributed by atoms with Crippen LogP contribution in [0.2, 0.25) is 0 Å². The molecule has 0 fully saturated rings. The minimum absolute atomic E-state index is 0.0893. The largest absolute Gasteiger partial charge is 0.492 e. The van der Waals surface area contributed by atoms with Gasteiger partial charge in [0.05, 0.1) is 12.3 Å². The zero-order valence-electron chi connectivity index (χ0n) is 15.1. The molecule has 4 rings (SSSR count).